The summed E-state index contributed by atoms with van der Waals surface area (Å²) >= 11 is 0. The van der Waals surface area contributed by atoms with Crippen molar-refractivity contribution < 1.29 is 0 Å². The molecule has 3 nitrogen and oxygen atoms in total. The van der Waals surface area contributed by atoms with Crippen LogP contribution in [0.25, 0.3) is 0 Å². The molecule has 3 heteroatoms. The molecule has 1 aliphatic rings. The van der Waals surface area contributed by atoms with E-state index in [4.69, 9.17) is 5.73 Å². The van der Waals surface area contributed by atoms with Crippen molar-refractivity contribution in [2.45, 2.75) is 39.8 Å². The van der Waals surface area contributed by atoms with Crippen molar-refractivity contribution in [1.82, 2.24) is 9.80 Å². The van der Waals surface area contributed by atoms with Crippen LogP contribution in [0.4, 0.5) is 0 Å². The average molecular weight is 275 g/mol. The zero-order chi connectivity index (χ0) is 14.5. The van der Waals surface area contributed by atoms with Crippen molar-refractivity contribution in [2.75, 3.05) is 32.7 Å². The summed E-state index contributed by atoms with van der Waals surface area (Å²) in [5.41, 5.74) is 10.1. The molecule has 0 spiro atoms. The third-order valence-corrected chi connectivity index (χ3v) is 4.57. The van der Waals surface area contributed by atoms with Crippen LogP contribution in [0.5, 0.6) is 0 Å². The molecular formula is C17H29N3. The van der Waals surface area contributed by atoms with Crippen LogP contribution in [0.1, 0.15) is 30.0 Å². The topological polar surface area (TPSA) is 32.5 Å². The highest BCUT2D eigenvalue weighted by molar-refractivity contribution is 5.30. The van der Waals surface area contributed by atoms with Gasteiger partial charge in [0.15, 0.2) is 0 Å². The van der Waals surface area contributed by atoms with Gasteiger partial charge < -0.3 is 5.73 Å². The van der Waals surface area contributed by atoms with Crippen molar-refractivity contribution in [3.8, 4) is 0 Å². The van der Waals surface area contributed by atoms with E-state index in [1.165, 1.54) is 16.7 Å². The predicted molar refractivity (Wildman–Crippen MR) is 85.9 cm³/mol. The highest BCUT2D eigenvalue weighted by Crippen LogP contribution is 2.16. The molecule has 0 bridgehead atoms. The first-order valence-electron chi connectivity index (χ1n) is 7.86. The minimum atomic E-state index is 0.567. The number of nitrogens with two attached hydrogens (primary N) is 1. The first kappa shape index (κ1) is 15.5. The fourth-order valence-corrected chi connectivity index (χ4v) is 3.07. The summed E-state index contributed by atoms with van der Waals surface area (Å²) in [5.74, 6) is 0. The first-order valence-corrected chi connectivity index (χ1v) is 7.86. The summed E-state index contributed by atoms with van der Waals surface area (Å²) in [6, 6.07) is 7.33. The summed E-state index contributed by atoms with van der Waals surface area (Å²) in [5, 5.41) is 0. The Morgan fingerprint density at radius 3 is 2.45 bits per heavy atom. The third-order valence-electron chi connectivity index (χ3n) is 4.57. The summed E-state index contributed by atoms with van der Waals surface area (Å²) in [4.78, 5) is 5.13. The number of hydrogen-bond acceptors (Lipinski definition) is 3. The second-order valence-electron chi connectivity index (χ2n) is 6.04. The Morgan fingerprint density at radius 2 is 1.85 bits per heavy atom. The Labute approximate surface area is 123 Å². The van der Waals surface area contributed by atoms with E-state index in [1.54, 1.807) is 0 Å². The largest absolute Gasteiger partial charge is 0.329 e. The van der Waals surface area contributed by atoms with E-state index in [-0.39, 0.29) is 0 Å². The van der Waals surface area contributed by atoms with Gasteiger partial charge in [-0.3, -0.25) is 9.80 Å². The van der Waals surface area contributed by atoms with Crippen LogP contribution in [0.2, 0.25) is 0 Å². The second-order valence-corrected chi connectivity index (χ2v) is 6.04. The molecule has 20 heavy (non-hydrogen) atoms. The average Bonchev–Trinajstić information content (AvgIpc) is 2.46. The van der Waals surface area contributed by atoms with Gasteiger partial charge in [0.2, 0.25) is 0 Å². The zero-order valence-corrected chi connectivity index (χ0v) is 13.2. The number of piperazine rings is 1. The fourth-order valence-electron chi connectivity index (χ4n) is 3.07. The van der Waals surface area contributed by atoms with Crippen molar-refractivity contribution in [3.63, 3.8) is 0 Å². The van der Waals surface area contributed by atoms with Crippen LogP contribution in [0.15, 0.2) is 18.2 Å². The van der Waals surface area contributed by atoms with Gasteiger partial charge in [-0.1, -0.05) is 30.7 Å². The molecule has 2 N–H and O–H groups in total. The number of rotatable bonds is 5. The Hall–Kier alpha value is -0.900. The van der Waals surface area contributed by atoms with Gasteiger partial charge >= 0.3 is 0 Å². The maximum absolute atomic E-state index is 5.85. The molecule has 0 saturated carbocycles. The molecule has 0 aromatic heterocycles. The van der Waals surface area contributed by atoms with E-state index in [2.05, 4.69) is 48.8 Å². The van der Waals surface area contributed by atoms with Gasteiger partial charge in [0.25, 0.3) is 0 Å². The monoisotopic (exact) mass is 275 g/mol. The molecule has 0 aliphatic carbocycles. The van der Waals surface area contributed by atoms with E-state index in [0.717, 1.165) is 45.7 Å². The molecule has 1 aromatic rings. The van der Waals surface area contributed by atoms with Gasteiger partial charge in [-0.05, 0) is 31.4 Å². The van der Waals surface area contributed by atoms with Gasteiger partial charge in [0.05, 0.1) is 0 Å². The Balaban J connectivity index is 1.89. The van der Waals surface area contributed by atoms with Gasteiger partial charge in [-0.25, -0.2) is 0 Å². The lowest BCUT2D eigenvalue weighted by Gasteiger charge is -2.38. The van der Waals surface area contributed by atoms with Crippen LogP contribution >= 0.6 is 0 Å². The highest BCUT2D eigenvalue weighted by atomic mass is 15.3. The normalized spacial score (nSPS) is 19.2. The Bertz CT molecular complexity index is 418. The molecule has 1 fully saturated rings. The van der Waals surface area contributed by atoms with E-state index >= 15 is 0 Å². The van der Waals surface area contributed by atoms with E-state index in [9.17, 15) is 0 Å². The van der Waals surface area contributed by atoms with Gasteiger partial charge in [0, 0.05) is 45.3 Å². The zero-order valence-electron chi connectivity index (χ0n) is 13.2. The minimum Gasteiger partial charge on any atom is -0.329 e. The lowest BCUT2D eigenvalue weighted by atomic mass is 10.0. The molecule has 1 heterocycles. The molecular weight excluding hydrogens is 246 g/mol. The Kier molecular flexibility index (Phi) is 5.58. The SMILES string of the molecule is CCC(CN)N1CCN(Cc2cc(C)ccc2C)CC1. The van der Waals surface area contributed by atoms with Crippen LogP contribution in [0, 0.1) is 13.8 Å². The minimum absolute atomic E-state index is 0.567. The van der Waals surface area contributed by atoms with Crippen molar-refractivity contribution in [1.29, 1.82) is 0 Å². The highest BCUT2D eigenvalue weighted by Gasteiger charge is 2.21. The van der Waals surface area contributed by atoms with Crippen LogP contribution in [0.3, 0.4) is 0 Å². The molecule has 0 radical (unpaired) electrons. The summed E-state index contributed by atoms with van der Waals surface area (Å²) in [6.45, 7) is 13.1. The number of benzene rings is 1. The maximum Gasteiger partial charge on any atom is 0.0237 e. The number of nitrogens with zero attached hydrogens (tertiary/aromatic N) is 2. The van der Waals surface area contributed by atoms with Crippen LogP contribution < -0.4 is 5.73 Å². The van der Waals surface area contributed by atoms with Crippen molar-refractivity contribution in [3.05, 3.63) is 34.9 Å². The third kappa shape index (κ3) is 3.81. The van der Waals surface area contributed by atoms with Gasteiger partial charge in [-0.15, -0.1) is 0 Å². The smallest absolute Gasteiger partial charge is 0.0237 e. The number of aryl methyl sites for hydroxylation is 2. The first-order chi connectivity index (χ1) is 9.63. The molecule has 112 valence electrons. The lowest BCUT2D eigenvalue weighted by Crippen LogP contribution is -2.51. The summed E-state index contributed by atoms with van der Waals surface area (Å²) in [7, 11) is 0. The number of hydrogen-bond donors (Lipinski definition) is 1. The van der Waals surface area contributed by atoms with E-state index in [1.807, 2.05) is 0 Å². The van der Waals surface area contributed by atoms with Crippen LogP contribution in [-0.4, -0.2) is 48.6 Å². The molecule has 1 atom stereocenters. The summed E-state index contributed by atoms with van der Waals surface area (Å²) in [6.07, 6.45) is 1.16. The second kappa shape index (κ2) is 7.21. The van der Waals surface area contributed by atoms with E-state index in [0.29, 0.717) is 6.04 Å². The predicted octanol–water partition coefficient (Wildman–Crippen LogP) is 2.16. The van der Waals surface area contributed by atoms with Crippen molar-refractivity contribution in [2.24, 2.45) is 5.73 Å². The molecule has 2 rings (SSSR count). The molecule has 1 aliphatic heterocycles. The fraction of sp³-hybridized carbons (Fsp3) is 0.647. The van der Waals surface area contributed by atoms with E-state index < -0.39 is 0 Å². The van der Waals surface area contributed by atoms with Crippen molar-refractivity contribution >= 4 is 0 Å². The van der Waals surface area contributed by atoms with Crippen LogP contribution in [-0.2, 0) is 6.54 Å². The molecule has 1 saturated heterocycles. The molecule has 0 amide bonds. The maximum atomic E-state index is 5.85. The van der Waals surface area contributed by atoms with Gasteiger partial charge in [0.1, 0.15) is 0 Å². The quantitative estimate of drug-likeness (QED) is 0.894. The lowest BCUT2D eigenvalue weighted by molar-refractivity contribution is 0.0925. The molecule has 1 aromatic carbocycles. The molecule has 1 unspecified atom stereocenters. The van der Waals surface area contributed by atoms with Gasteiger partial charge in [-0.2, -0.15) is 0 Å². The Morgan fingerprint density at radius 1 is 1.15 bits per heavy atom. The summed E-state index contributed by atoms with van der Waals surface area (Å²) < 4.78 is 0. The standard InChI is InChI=1S/C17H29N3/c1-4-17(12-18)20-9-7-19(8-10-20)13-16-11-14(2)5-6-15(16)3/h5-6,11,17H,4,7-10,12-13,18H2,1-3H3.